The van der Waals surface area contributed by atoms with Crippen LogP contribution in [-0.2, 0) is 0 Å². The Hall–Kier alpha value is -1.78. The van der Waals surface area contributed by atoms with Crippen molar-refractivity contribution in [1.82, 2.24) is 4.90 Å². The highest BCUT2D eigenvalue weighted by Gasteiger charge is 2.29. The molecule has 126 valence electrons. The molecule has 2 aromatic rings. The lowest BCUT2D eigenvalue weighted by Crippen LogP contribution is -2.46. The van der Waals surface area contributed by atoms with Crippen LogP contribution in [-0.4, -0.2) is 43.2 Å². The van der Waals surface area contributed by atoms with Gasteiger partial charge in [-0.2, -0.15) is 0 Å². The molecule has 0 spiro atoms. The van der Waals surface area contributed by atoms with Crippen molar-refractivity contribution in [3.8, 4) is 0 Å². The fraction of sp³-hybridized carbons (Fsp3) is 0.350. The largest absolute Gasteiger partial charge is 0.306 e. The number of likely N-dealkylation sites (tertiary alicyclic amines) is 1. The predicted octanol–water partition coefficient (Wildman–Crippen LogP) is 4.15. The molecule has 4 heteroatoms. The summed E-state index contributed by atoms with van der Waals surface area (Å²) in [4.78, 5) is 18.8. The van der Waals surface area contributed by atoms with Crippen molar-refractivity contribution in [2.45, 2.75) is 23.8 Å². The molecule has 0 aliphatic carbocycles. The van der Waals surface area contributed by atoms with Crippen LogP contribution < -0.4 is 4.90 Å². The Labute approximate surface area is 148 Å². The van der Waals surface area contributed by atoms with Crippen LogP contribution in [0, 0.1) is 0 Å². The zero-order chi connectivity index (χ0) is 16.9. The van der Waals surface area contributed by atoms with Gasteiger partial charge in [0.05, 0.1) is 0 Å². The molecular formula is C20H24N2OS. The van der Waals surface area contributed by atoms with E-state index in [2.05, 4.69) is 36.4 Å². The van der Waals surface area contributed by atoms with E-state index in [1.54, 1.807) is 11.8 Å². The van der Waals surface area contributed by atoms with Gasteiger partial charge in [-0.3, -0.25) is 4.79 Å². The maximum atomic E-state index is 13.2. The van der Waals surface area contributed by atoms with Crippen molar-refractivity contribution in [3.05, 3.63) is 60.2 Å². The number of piperidine rings is 1. The molecule has 1 aliphatic rings. The number of hydrogen-bond acceptors (Lipinski definition) is 3. The second-order valence-electron chi connectivity index (χ2n) is 6.28. The van der Waals surface area contributed by atoms with Crippen molar-refractivity contribution in [1.29, 1.82) is 0 Å². The SMILES string of the molecule is CSc1cccc(N(C(=O)c2ccccc2)C2CCN(C)CC2)c1. The molecule has 3 nitrogen and oxygen atoms in total. The van der Waals surface area contributed by atoms with E-state index in [0.717, 1.165) is 37.2 Å². The molecular weight excluding hydrogens is 316 g/mol. The summed E-state index contributed by atoms with van der Waals surface area (Å²) in [6, 6.07) is 18.2. The number of hydrogen-bond donors (Lipinski definition) is 0. The Morgan fingerprint density at radius 2 is 1.79 bits per heavy atom. The standard InChI is InChI=1S/C20H24N2OS/c1-21-13-11-17(12-14-21)22(18-9-6-10-19(15-18)24-2)20(23)16-7-4-3-5-8-16/h3-10,15,17H,11-14H2,1-2H3. The third-order valence-corrected chi connectivity index (χ3v) is 5.35. The van der Waals surface area contributed by atoms with Crippen LogP contribution >= 0.6 is 11.8 Å². The Kier molecular flexibility index (Phi) is 5.59. The van der Waals surface area contributed by atoms with Gasteiger partial charge in [0.2, 0.25) is 0 Å². The monoisotopic (exact) mass is 340 g/mol. The van der Waals surface area contributed by atoms with E-state index in [1.165, 1.54) is 4.90 Å². The van der Waals surface area contributed by atoms with Gasteiger partial charge in [-0.25, -0.2) is 0 Å². The quantitative estimate of drug-likeness (QED) is 0.781. The summed E-state index contributed by atoms with van der Waals surface area (Å²) in [6.07, 6.45) is 4.09. The number of anilines is 1. The number of thioether (sulfide) groups is 1. The summed E-state index contributed by atoms with van der Waals surface area (Å²) in [7, 11) is 2.15. The maximum absolute atomic E-state index is 13.2. The summed E-state index contributed by atoms with van der Waals surface area (Å²) in [5.41, 5.74) is 1.76. The Morgan fingerprint density at radius 3 is 2.46 bits per heavy atom. The average molecular weight is 340 g/mol. The predicted molar refractivity (Wildman–Crippen MR) is 102 cm³/mol. The number of nitrogens with zero attached hydrogens (tertiary/aromatic N) is 2. The molecule has 1 fully saturated rings. The molecule has 1 amide bonds. The first-order valence-corrected chi connectivity index (χ1v) is 9.62. The molecule has 0 atom stereocenters. The van der Waals surface area contributed by atoms with Crippen LogP contribution in [0.25, 0.3) is 0 Å². The Morgan fingerprint density at radius 1 is 1.08 bits per heavy atom. The number of carbonyl (C=O) groups is 1. The lowest BCUT2D eigenvalue weighted by atomic mass is 10.0. The molecule has 1 heterocycles. The van der Waals surface area contributed by atoms with Crippen molar-refractivity contribution >= 4 is 23.4 Å². The normalized spacial score (nSPS) is 16.1. The summed E-state index contributed by atoms with van der Waals surface area (Å²) in [5.74, 6) is 0.100. The minimum absolute atomic E-state index is 0.100. The molecule has 3 rings (SSSR count). The van der Waals surface area contributed by atoms with Crippen LogP contribution in [0.1, 0.15) is 23.2 Å². The van der Waals surface area contributed by atoms with Gasteiger partial charge >= 0.3 is 0 Å². The van der Waals surface area contributed by atoms with Gasteiger partial charge in [-0.1, -0.05) is 24.3 Å². The van der Waals surface area contributed by atoms with Crippen LogP contribution in [0.3, 0.4) is 0 Å². The lowest BCUT2D eigenvalue weighted by molar-refractivity contribution is 0.0963. The minimum Gasteiger partial charge on any atom is -0.306 e. The smallest absolute Gasteiger partial charge is 0.258 e. The first kappa shape index (κ1) is 17.1. The molecule has 0 radical (unpaired) electrons. The van der Waals surface area contributed by atoms with Gasteiger partial charge in [0.15, 0.2) is 0 Å². The van der Waals surface area contributed by atoms with Gasteiger partial charge in [0, 0.05) is 22.2 Å². The summed E-state index contributed by atoms with van der Waals surface area (Å²) in [5, 5.41) is 0. The first-order valence-electron chi connectivity index (χ1n) is 8.40. The summed E-state index contributed by atoms with van der Waals surface area (Å²) < 4.78 is 0. The second-order valence-corrected chi connectivity index (χ2v) is 7.16. The highest BCUT2D eigenvalue weighted by Crippen LogP contribution is 2.28. The van der Waals surface area contributed by atoms with Crippen molar-refractivity contribution < 1.29 is 4.79 Å². The highest BCUT2D eigenvalue weighted by atomic mass is 32.2. The molecule has 24 heavy (non-hydrogen) atoms. The van der Waals surface area contributed by atoms with Gasteiger partial charge in [-0.05, 0) is 69.6 Å². The van der Waals surface area contributed by atoms with Crippen LogP contribution in [0.4, 0.5) is 5.69 Å². The number of carbonyl (C=O) groups excluding carboxylic acids is 1. The topological polar surface area (TPSA) is 23.6 Å². The molecule has 2 aromatic carbocycles. The zero-order valence-corrected chi connectivity index (χ0v) is 15.1. The zero-order valence-electron chi connectivity index (χ0n) is 14.3. The minimum atomic E-state index is 0.100. The first-order chi connectivity index (χ1) is 11.7. The van der Waals surface area contributed by atoms with Crippen molar-refractivity contribution in [2.24, 2.45) is 0 Å². The van der Waals surface area contributed by atoms with Crippen LogP contribution in [0.2, 0.25) is 0 Å². The highest BCUT2D eigenvalue weighted by molar-refractivity contribution is 7.98. The van der Waals surface area contributed by atoms with Crippen molar-refractivity contribution in [2.75, 3.05) is 31.3 Å². The molecule has 0 saturated carbocycles. The third kappa shape index (κ3) is 3.82. The van der Waals surface area contributed by atoms with Crippen LogP contribution in [0.5, 0.6) is 0 Å². The van der Waals surface area contributed by atoms with E-state index in [1.807, 2.05) is 41.3 Å². The van der Waals surface area contributed by atoms with E-state index >= 15 is 0 Å². The molecule has 0 aromatic heterocycles. The fourth-order valence-corrected chi connectivity index (χ4v) is 3.68. The van der Waals surface area contributed by atoms with E-state index in [4.69, 9.17) is 0 Å². The number of amides is 1. The van der Waals surface area contributed by atoms with E-state index < -0.39 is 0 Å². The van der Waals surface area contributed by atoms with Gasteiger partial charge < -0.3 is 9.80 Å². The Balaban J connectivity index is 1.95. The lowest BCUT2D eigenvalue weighted by Gasteiger charge is -2.37. The maximum Gasteiger partial charge on any atom is 0.258 e. The molecule has 0 bridgehead atoms. The average Bonchev–Trinajstić information content (AvgIpc) is 2.64. The van der Waals surface area contributed by atoms with Gasteiger partial charge in [0.25, 0.3) is 5.91 Å². The summed E-state index contributed by atoms with van der Waals surface area (Å²) in [6.45, 7) is 2.07. The number of benzene rings is 2. The van der Waals surface area contributed by atoms with Gasteiger partial charge in [-0.15, -0.1) is 11.8 Å². The molecule has 0 unspecified atom stereocenters. The van der Waals surface area contributed by atoms with E-state index in [-0.39, 0.29) is 11.9 Å². The number of rotatable bonds is 4. The molecule has 1 aliphatic heterocycles. The third-order valence-electron chi connectivity index (χ3n) is 4.62. The molecule has 0 N–H and O–H groups in total. The van der Waals surface area contributed by atoms with Crippen LogP contribution in [0.15, 0.2) is 59.5 Å². The van der Waals surface area contributed by atoms with Gasteiger partial charge in [0.1, 0.15) is 0 Å². The van der Waals surface area contributed by atoms with E-state index in [0.29, 0.717) is 0 Å². The van der Waals surface area contributed by atoms with E-state index in [9.17, 15) is 4.79 Å². The molecule has 1 saturated heterocycles. The summed E-state index contributed by atoms with van der Waals surface area (Å²) >= 11 is 1.71. The second kappa shape index (κ2) is 7.86. The Bertz CT molecular complexity index is 681. The fourth-order valence-electron chi connectivity index (χ4n) is 3.23. The van der Waals surface area contributed by atoms with Crippen molar-refractivity contribution in [3.63, 3.8) is 0 Å².